The molecular weight excluding hydrogens is 504 g/mol. The van der Waals surface area contributed by atoms with Crippen molar-refractivity contribution in [2.24, 2.45) is 40.4 Å². The number of ether oxygens (including phenoxy) is 1. The van der Waals surface area contributed by atoms with Gasteiger partial charge in [0.05, 0.1) is 17.2 Å². The van der Waals surface area contributed by atoms with E-state index in [2.05, 4.69) is 39.8 Å². The Labute approximate surface area is 238 Å². The normalized spacial score (nSPS) is 43.1. The molecule has 7 heteroatoms. The number of carbonyl (C=O) groups excluding carboxylic acids is 3. The van der Waals surface area contributed by atoms with Crippen LogP contribution in [0.5, 0.6) is 0 Å². The summed E-state index contributed by atoms with van der Waals surface area (Å²) in [5.74, 6) is 1.10. The molecule has 0 spiro atoms. The Balaban J connectivity index is 1.32. The molecule has 0 aromatic heterocycles. The highest BCUT2D eigenvalue weighted by molar-refractivity contribution is 6.21. The zero-order chi connectivity index (χ0) is 28.7. The van der Waals surface area contributed by atoms with E-state index in [1.165, 1.54) is 31.1 Å². The fraction of sp³-hybridized carbons (Fsp3) is 0.727. The van der Waals surface area contributed by atoms with Crippen molar-refractivity contribution < 1.29 is 24.2 Å². The van der Waals surface area contributed by atoms with Crippen LogP contribution >= 0.6 is 0 Å². The first-order valence-electron chi connectivity index (χ1n) is 15.4. The molecule has 1 N–H and O–H groups in total. The van der Waals surface area contributed by atoms with Crippen molar-refractivity contribution in [3.05, 3.63) is 35.4 Å². The van der Waals surface area contributed by atoms with E-state index in [-0.39, 0.29) is 11.3 Å². The van der Waals surface area contributed by atoms with E-state index in [4.69, 9.17) is 4.74 Å². The number of hydrogen-bond acceptors (Lipinski definition) is 6. The second-order valence-corrected chi connectivity index (χ2v) is 14.4. The molecule has 1 heterocycles. The number of esters is 1. The van der Waals surface area contributed by atoms with Gasteiger partial charge in [0, 0.05) is 18.9 Å². The topological polar surface area (TPSA) is 87.1 Å². The van der Waals surface area contributed by atoms with Gasteiger partial charge in [0.25, 0.3) is 11.8 Å². The minimum Gasteiger partial charge on any atom is -0.460 e. The third-order valence-electron chi connectivity index (χ3n) is 12.6. The molecule has 4 saturated carbocycles. The third-order valence-corrected chi connectivity index (χ3v) is 12.6. The van der Waals surface area contributed by atoms with Crippen molar-refractivity contribution in [3.63, 3.8) is 0 Å². The molecule has 7 nitrogen and oxygen atoms in total. The van der Waals surface area contributed by atoms with Crippen molar-refractivity contribution in [1.29, 1.82) is 0 Å². The summed E-state index contributed by atoms with van der Waals surface area (Å²) in [7, 11) is 4.39. The van der Waals surface area contributed by atoms with Crippen molar-refractivity contribution in [1.82, 2.24) is 9.80 Å². The number of aliphatic hydroxyl groups excluding tert-OH is 1. The number of rotatable bonds is 4. The molecule has 0 radical (unpaired) electrons. The average molecular weight is 551 g/mol. The Hall–Kier alpha value is -2.25. The first-order valence-corrected chi connectivity index (χ1v) is 15.4. The van der Waals surface area contributed by atoms with Crippen molar-refractivity contribution in [3.8, 4) is 0 Å². The molecule has 2 amide bonds. The summed E-state index contributed by atoms with van der Waals surface area (Å²) in [5.41, 5.74) is 0.795. The number of amides is 2. The fourth-order valence-electron chi connectivity index (χ4n) is 10.7. The number of fused-ring (bicyclic) bond motifs is 6. The maximum Gasteiger partial charge on any atom is 0.302 e. The molecule has 218 valence electrons. The summed E-state index contributed by atoms with van der Waals surface area (Å²) in [6, 6.07) is 6.48. The van der Waals surface area contributed by atoms with Gasteiger partial charge in [0.2, 0.25) is 0 Å². The highest BCUT2D eigenvalue weighted by Gasteiger charge is 2.65. The maximum absolute atomic E-state index is 13.5. The van der Waals surface area contributed by atoms with Gasteiger partial charge in [-0.3, -0.25) is 19.3 Å². The molecule has 0 unspecified atom stereocenters. The van der Waals surface area contributed by atoms with E-state index in [1.807, 2.05) is 0 Å². The van der Waals surface area contributed by atoms with Gasteiger partial charge in [-0.1, -0.05) is 26.0 Å². The number of benzene rings is 1. The summed E-state index contributed by atoms with van der Waals surface area (Å²) in [4.78, 5) is 43.0. The Kier molecular flexibility index (Phi) is 6.73. The maximum atomic E-state index is 13.5. The molecule has 40 heavy (non-hydrogen) atoms. The minimum atomic E-state index is -0.954. The summed E-state index contributed by atoms with van der Waals surface area (Å²) in [6.45, 7) is 8.60. The zero-order valence-corrected chi connectivity index (χ0v) is 24.9. The predicted molar refractivity (Wildman–Crippen MR) is 151 cm³/mol. The number of carbonyl (C=O) groups is 3. The van der Waals surface area contributed by atoms with Crippen LogP contribution in [0, 0.1) is 40.4 Å². The van der Waals surface area contributed by atoms with E-state index in [0.717, 1.165) is 19.3 Å². The van der Waals surface area contributed by atoms with Crippen LogP contribution in [0.4, 0.5) is 0 Å². The Morgan fingerprint density at radius 1 is 0.975 bits per heavy atom. The number of hydrogen-bond donors (Lipinski definition) is 1. The SMILES string of the molecule is CC(=O)O[C@H]1[C@@H](N2C(=O)c3ccccc3C2=O)[C@H](O)C[C@@]2(C)[C@@H]1CC[C@@H]1[C@@H]2CC[C@]2(C)[C@@H]([C@H](C)N(C)C)CC[C@@H]12. The molecule has 4 fully saturated rings. The molecule has 11 atom stereocenters. The fourth-order valence-corrected chi connectivity index (χ4v) is 10.7. The van der Waals surface area contributed by atoms with Crippen LogP contribution in [0.15, 0.2) is 24.3 Å². The molecule has 1 aliphatic heterocycles. The highest BCUT2D eigenvalue weighted by Crippen LogP contribution is 2.68. The smallest absolute Gasteiger partial charge is 0.302 e. The molecule has 0 saturated heterocycles. The van der Waals surface area contributed by atoms with Crippen LogP contribution < -0.4 is 0 Å². The molecule has 0 bridgehead atoms. The number of imide groups is 1. The van der Waals surface area contributed by atoms with Gasteiger partial charge in [0.15, 0.2) is 0 Å². The minimum absolute atomic E-state index is 0.0161. The molecule has 5 aliphatic rings. The van der Waals surface area contributed by atoms with Crippen molar-refractivity contribution >= 4 is 17.8 Å². The lowest BCUT2D eigenvalue weighted by Gasteiger charge is -2.63. The third kappa shape index (κ3) is 3.86. The van der Waals surface area contributed by atoms with Gasteiger partial charge >= 0.3 is 5.97 Å². The first-order chi connectivity index (χ1) is 18.9. The van der Waals surface area contributed by atoms with Gasteiger partial charge in [-0.05, 0) is 113 Å². The van der Waals surface area contributed by atoms with Crippen LogP contribution in [0.3, 0.4) is 0 Å². The van der Waals surface area contributed by atoms with Crippen molar-refractivity contribution in [2.75, 3.05) is 14.1 Å². The van der Waals surface area contributed by atoms with Gasteiger partial charge in [-0.25, -0.2) is 0 Å². The van der Waals surface area contributed by atoms with E-state index >= 15 is 0 Å². The first kappa shape index (κ1) is 27.9. The van der Waals surface area contributed by atoms with E-state index < -0.39 is 36.0 Å². The van der Waals surface area contributed by atoms with E-state index in [9.17, 15) is 19.5 Å². The number of nitrogens with zero attached hydrogens (tertiary/aromatic N) is 2. The summed E-state index contributed by atoms with van der Waals surface area (Å²) in [6.07, 6.45) is 5.60. The lowest BCUT2D eigenvalue weighted by atomic mass is 9.43. The largest absolute Gasteiger partial charge is 0.460 e. The lowest BCUT2D eigenvalue weighted by molar-refractivity contribution is -0.202. The van der Waals surface area contributed by atoms with Gasteiger partial charge in [-0.2, -0.15) is 0 Å². The second-order valence-electron chi connectivity index (χ2n) is 14.4. The number of aliphatic hydroxyl groups is 1. The Morgan fingerprint density at radius 2 is 1.57 bits per heavy atom. The van der Waals surface area contributed by atoms with Crippen molar-refractivity contribution in [2.45, 2.75) is 96.9 Å². The summed E-state index contributed by atoms with van der Waals surface area (Å²) < 4.78 is 6.03. The van der Waals surface area contributed by atoms with Gasteiger partial charge in [-0.15, -0.1) is 0 Å². The molecule has 4 aliphatic carbocycles. The van der Waals surface area contributed by atoms with Crippen LogP contribution in [-0.4, -0.2) is 71.1 Å². The predicted octanol–water partition coefficient (Wildman–Crippen LogP) is 4.77. The average Bonchev–Trinajstić information content (AvgIpc) is 3.37. The zero-order valence-electron chi connectivity index (χ0n) is 24.9. The quantitative estimate of drug-likeness (QED) is 0.429. The monoisotopic (exact) mass is 550 g/mol. The van der Waals surface area contributed by atoms with Crippen LogP contribution in [0.2, 0.25) is 0 Å². The summed E-state index contributed by atoms with van der Waals surface area (Å²) >= 11 is 0. The molecule has 1 aromatic carbocycles. The lowest BCUT2D eigenvalue weighted by Crippen LogP contribution is -2.67. The second kappa shape index (κ2) is 9.65. The molecular formula is C33H46N2O5. The van der Waals surface area contributed by atoms with E-state index in [0.29, 0.717) is 52.7 Å². The van der Waals surface area contributed by atoms with Crippen LogP contribution in [0.1, 0.15) is 93.4 Å². The van der Waals surface area contributed by atoms with Gasteiger partial charge < -0.3 is 14.7 Å². The molecule has 1 aromatic rings. The summed E-state index contributed by atoms with van der Waals surface area (Å²) in [5, 5.41) is 11.8. The Morgan fingerprint density at radius 3 is 2.17 bits per heavy atom. The molecule has 6 rings (SSSR count). The van der Waals surface area contributed by atoms with Gasteiger partial charge in [0.1, 0.15) is 12.1 Å². The Bertz CT molecular complexity index is 1180. The highest BCUT2D eigenvalue weighted by atomic mass is 16.5. The van der Waals surface area contributed by atoms with Crippen LogP contribution in [0.25, 0.3) is 0 Å². The van der Waals surface area contributed by atoms with E-state index in [1.54, 1.807) is 24.3 Å². The standard InChI is InChI=1S/C33H46N2O5/c1-18(34(5)6)23-13-14-24-22-11-12-26-29(40-19(2)36)28(35-30(38)20-9-7-8-10-21(20)31(35)39)27(37)17-33(26,4)25(22)15-16-32(23,24)3/h7-10,18,22-29,37H,11-17H2,1-6H3/t18-,22-,23+,24-,25-,26+,27+,28-,29+,32+,33+/m0/s1. The van der Waals surface area contributed by atoms with Crippen LogP contribution in [-0.2, 0) is 9.53 Å².